The SMILES string of the molecule is COc1cc([C@H]2NC(=S)NC(C)=C2C(=O)Nc2ccc(C)c(Cl)c2)ccc1OCC(=O)N1C[C@@H](C)O[C@H](C)C1. The lowest BCUT2D eigenvalue weighted by atomic mass is 9.94. The molecule has 2 aliphatic rings. The van der Waals surface area contributed by atoms with Gasteiger partial charge in [-0.1, -0.05) is 23.7 Å². The summed E-state index contributed by atoms with van der Waals surface area (Å²) in [6.07, 6.45) is -0.0537. The molecule has 0 bridgehead atoms. The Kier molecular flexibility index (Phi) is 8.99. The first-order chi connectivity index (χ1) is 18.5. The molecule has 208 valence electrons. The molecular weight excluding hydrogens is 540 g/mol. The van der Waals surface area contributed by atoms with Gasteiger partial charge in [0.1, 0.15) is 0 Å². The lowest BCUT2D eigenvalue weighted by Crippen LogP contribution is -2.49. The molecule has 0 spiro atoms. The molecule has 0 aromatic heterocycles. The van der Waals surface area contributed by atoms with Gasteiger partial charge >= 0.3 is 0 Å². The van der Waals surface area contributed by atoms with Gasteiger partial charge in [0.2, 0.25) is 0 Å². The van der Waals surface area contributed by atoms with Gasteiger partial charge in [-0.2, -0.15) is 0 Å². The Morgan fingerprint density at radius 1 is 1.13 bits per heavy atom. The van der Waals surface area contributed by atoms with Gasteiger partial charge in [-0.05, 0) is 75.3 Å². The summed E-state index contributed by atoms with van der Waals surface area (Å²) in [6.45, 7) is 8.50. The topological polar surface area (TPSA) is 101 Å². The van der Waals surface area contributed by atoms with Crippen molar-refractivity contribution in [3.8, 4) is 11.5 Å². The molecule has 0 radical (unpaired) electrons. The van der Waals surface area contributed by atoms with Crippen molar-refractivity contribution in [3.63, 3.8) is 0 Å². The number of nitrogens with one attached hydrogen (secondary N) is 3. The molecule has 0 unspecified atom stereocenters. The number of aryl methyl sites for hydroxylation is 1. The molecule has 39 heavy (non-hydrogen) atoms. The van der Waals surface area contributed by atoms with E-state index in [1.165, 1.54) is 7.11 Å². The Labute approximate surface area is 238 Å². The van der Waals surface area contributed by atoms with E-state index < -0.39 is 6.04 Å². The molecule has 3 N–H and O–H groups in total. The number of hydrogen-bond donors (Lipinski definition) is 3. The first-order valence-electron chi connectivity index (χ1n) is 12.7. The molecule has 1 saturated heterocycles. The minimum absolute atomic E-state index is 0.0269. The van der Waals surface area contributed by atoms with Crippen LogP contribution in [-0.2, 0) is 14.3 Å². The predicted molar refractivity (Wildman–Crippen MR) is 154 cm³/mol. The number of methoxy groups -OCH3 is 1. The molecule has 11 heteroatoms. The van der Waals surface area contributed by atoms with Crippen LogP contribution in [0.1, 0.15) is 37.9 Å². The highest BCUT2D eigenvalue weighted by Crippen LogP contribution is 2.35. The number of ether oxygens (including phenoxy) is 3. The van der Waals surface area contributed by atoms with E-state index >= 15 is 0 Å². The van der Waals surface area contributed by atoms with Gasteiger partial charge in [-0.25, -0.2) is 0 Å². The maximum absolute atomic E-state index is 13.4. The number of morpholine rings is 1. The normalized spacial score (nSPS) is 21.1. The number of rotatable bonds is 7. The van der Waals surface area contributed by atoms with Crippen LogP contribution in [0.4, 0.5) is 5.69 Å². The van der Waals surface area contributed by atoms with Gasteiger partial charge in [0.15, 0.2) is 23.2 Å². The average molecular weight is 573 g/mol. The molecule has 2 aromatic rings. The predicted octanol–water partition coefficient (Wildman–Crippen LogP) is 4.10. The Morgan fingerprint density at radius 3 is 2.51 bits per heavy atom. The lowest BCUT2D eigenvalue weighted by Gasteiger charge is -2.35. The molecule has 4 rings (SSSR count). The number of hydrogen-bond acceptors (Lipinski definition) is 6. The maximum atomic E-state index is 13.4. The summed E-state index contributed by atoms with van der Waals surface area (Å²) in [4.78, 5) is 27.9. The van der Waals surface area contributed by atoms with Gasteiger partial charge in [0, 0.05) is 29.5 Å². The van der Waals surface area contributed by atoms with Crippen LogP contribution in [0.5, 0.6) is 11.5 Å². The molecule has 3 atom stereocenters. The minimum atomic E-state index is -0.555. The van der Waals surface area contributed by atoms with Gasteiger partial charge in [0.05, 0.1) is 30.9 Å². The van der Waals surface area contributed by atoms with E-state index in [1.54, 1.807) is 36.1 Å². The highest BCUT2D eigenvalue weighted by molar-refractivity contribution is 7.80. The molecule has 0 saturated carbocycles. The third-order valence-electron chi connectivity index (χ3n) is 6.59. The van der Waals surface area contributed by atoms with Gasteiger partial charge < -0.3 is 35.1 Å². The number of carbonyl (C=O) groups is 2. The number of nitrogens with zero attached hydrogens (tertiary/aromatic N) is 1. The van der Waals surface area contributed by atoms with Crippen LogP contribution >= 0.6 is 23.8 Å². The highest BCUT2D eigenvalue weighted by Gasteiger charge is 2.31. The standard InChI is InChI=1S/C28H33ClN4O5S/c1-15-6-8-20(11-21(15)29)31-27(35)25-18(4)30-28(39)32-26(25)19-7-9-22(23(10-19)36-5)37-14-24(34)33-12-16(2)38-17(3)13-33/h6-11,16-17,26H,12-14H2,1-5H3,(H,31,35)(H2,30,32,39)/t16-,17-,26-/m1/s1. The zero-order valence-corrected chi connectivity index (χ0v) is 24.2. The lowest BCUT2D eigenvalue weighted by molar-refractivity contribution is -0.145. The van der Waals surface area contributed by atoms with Crippen LogP contribution in [-0.4, -0.2) is 60.8 Å². The van der Waals surface area contributed by atoms with Crippen molar-refractivity contribution in [2.24, 2.45) is 0 Å². The first-order valence-corrected chi connectivity index (χ1v) is 13.4. The van der Waals surface area contributed by atoms with Gasteiger partial charge in [-0.15, -0.1) is 0 Å². The van der Waals surface area contributed by atoms with Crippen molar-refractivity contribution in [3.05, 3.63) is 63.8 Å². The zero-order chi connectivity index (χ0) is 28.3. The maximum Gasteiger partial charge on any atom is 0.260 e. The number of amides is 2. The Balaban J connectivity index is 1.53. The van der Waals surface area contributed by atoms with E-state index in [0.29, 0.717) is 51.7 Å². The van der Waals surface area contributed by atoms with E-state index in [9.17, 15) is 9.59 Å². The summed E-state index contributed by atoms with van der Waals surface area (Å²) >= 11 is 11.6. The van der Waals surface area contributed by atoms with Crippen molar-refractivity contribution < 1.29 is 23.8 Å². The molecule has 9 nitrogen and oxygen atoms in total. The summed E-state index contributed by atoms with van der Waals surface area (Å²) in [5.74, 6) is 0.417. The van der Waals surface area contributed by atoms with Crippen LogP contribution in [0.3, 0.4) is 0 Å². The second kappa shape index (κ2) is 12.2. The van der Waals surface area contributed by atoms with E-state index in [1.807, 2.05) is 32.9 Å². The van der Waals surface area contributed by atoms with Crippen LogP contribution < -0.4 is 25.4 Å². The highest BCUT2D eigenvalue weighted by atomic mass is 35.5. The number of allylic oxidation sites excluding steroid dienone is 1. The molecule has 1 fully saturated rings. The van der Waals surface area contributed by atoms with E-state index in [0.717, 1.165) is 11.1 Å². The van der Waals surface area contributed by atoms with Gasteiger partial charge in [-0.3, -0.25) is 9.59 Å². The summed E-state index contributed by atoms with van der Waals surface area (Å²) in [7, 11) is 1.52. The summed E-state index contributed by atoms with van der Waals surface area (Å²) in [5.41, 5.74) is 3.31. The Hall–Kier alpha value is -3.34. The second-order valence-electron chi connectivity index (χ2n) is 9.74. The fourth-order valence-corrected chi connectivity index (χ4v) is 5.16. The van der Waals surface area contributed by atoms with Crippen LogP contribution in [0, 0.1) is 6.92 Å². The second-order valence-corrected chi connectivity index (χ2v) is 10.6. The Bertz CT molecular complexity index is 1310. The summed E-state index contributed by atoms with van der Waals surface area (Å²) in [6, 6.07) is 10.1. The number of carbonyl (C=O) groups excluding carboxylic acids is 2. The van der Waals surface area contributed by atoms with Crippen molar-refractivity contribution in [1.82, 2.24) is 15.5 Å². The summed E-state index contributed by atoms with van der Waals surface area (Å²) < 4.78 is 17.1. The largest absolute Gasteiger partial charge is 0.493 e. The van der Waals surface area contributed by atoms with Crippen LogP contribution in [0.25, 0.3) is 0 Å². The first kappa shape index (κ1) is 28.7. The van der Waals surface area contributed by atoms with Crippen LogP contribution in [0.2, 0.25) is 5.02 Å². The van der Waals surface area contributed by atoms with Crippen molar-refractivity contribution in [2.45, 2.75) is 45.9 Å². The number of benzene rings is 2. The quantitative estimate of drug-likeness (QED) is 0.426. The van der Waals surface area contributed by atoms with E-state index in [2.05, 4.69) is 16.0 Å². The molecule has 2 amide bonds. The third-order valence-corrected chi connectivity index (χ3v) is 7.22. The molecule has 2 aliphatic heterocycles. The smallest absolute Gasteiger partial charge is 0.260 e. The average Bonchev–Trinajstić information content (AvgIpc) is 2.88. The molecule has 2 aromatic carbocycles. The summed E-state index contributed by atoms with van der Waals surface area (Å²) in [5, 5.41) is 10.1. The molecular formula is C28H33ClN4O5S. The third kappa shape index (κ3) is 6.81. The number of thiocarbonyl (C=S) groups is 1. The van der Waals surface area contributed by atoms with Crippen LogP contribution in [0.15, 0.2) is 47.7 Å². The zero-order valence-electron chi connectivity index (χ0n) is 22.6. The van der Waals surface area contributed by atoms with Crippen molar-refractivity contribution in [1.29, 1.82) is 0 Å². The Morgan fingerprint density at radius 2 is 1.85 bits per heavy atom. The van der Waals surface area contributed by atoms with E-state index in [4.69, 9.17) is 38.0 Å². The van der Waals surface area contributed by atoms with Crippen molar-refractivity contribution >= 4 is 46.4 Å². The van der Waals surface area contributed by atoms with Crippen molar-refractivity contribution in [2.75, 3.05) is 32.1 Å². The monoisotopic (exact) mass is 572 g/mol. The fraction of sp³-hybridized carbons (Fsp3) is 0.393. The number of halogens is 1. The minimum Gasteiger partial charge on any atom is -0.493 e. The molecule has 0 aliphatic carbocycles. The fourth-order valence-electron chi connectivity index (χ4n) is 4.71. The van der Waals surface area contributed by atoms with E-state index in [-0.39, 0.29) is 30.6 Å². The molecule has 2 heterocycles. The van der Waals surface area contributed by atoms with Gasteiger partial charge in [0.25, 0.3) is 11.8 Å². The number of anilines is 1.